The summed E-state index contributed by atoms with van der Waals surface area (Å²) >= 11 is 0. The number of aromatic nitrogens is 3. The molecule has 122 valence electrons. The van der Waals surface area contributed by atoms with E-state index in [0.717, 1.165) is 5.56 Å². The van der Waals surface area contributed by atoms with Crippen LogP contribution >= 0.6 is 0 Å². The molecule has 0 amide bonds. The quantitative estimate of drug-likeness (QED) is 0.537. The van der Waals surface area contributed by atoms with Gasteiger partial charge in [0.2, 0.25) is 17.8 Å². The fourth-order valence-corrected chi connectivity index (χ4v) is 1.79. The number of nitrogens with one attached hydrogen (secondary N) is 3. The molecule has 0 aliphatic heterocycles. The maximum atomic E-state index is 12.9. The molecule has 7 nitrogen and oxygen atoms in total. The molecular formula is C15H20FN7. The Labute approximate surface area is 134 Å². The molecule has 0 radical (unpaired) electrons. The fraction of sp³-hybridized carbons (Fsp3) is 0.333. The Balaban J connectivity index is 2.17. The van der Waals surface area contributed by atoms with Crippen LogP contribution in [0.1, 0.15) is 26.3 Å². The predicted octanol–water partition coefficient (Wildman–Crippen LogP) is 2.71. The van der Waals surface area contributed by atoms with Crippen LogP contribution < -0.4 is 16.1 Å². The summed E-state index contributed by atoms with van der Waals surface area (Å²) in [5, 5.41) is 10.3. The zero-order valence-electron chi connectivity index (χ0n) is 13.4. The Morgan fingerprint density at radius 1 is 0.957 bits per heavy atom. The summed E-state index contributed by atoms with van der Waals surface area (Å²) in [5.74, 6) is 0.983. The van der Waals surface area contributed by atoms with Gasteiger partial charge in [-0.1, -0.05) is 12.1 Å². The summed E-state index contributed by atoms with van der Waals surface area (Å²) < 4.78 is 12.9. The second kappa shape index (κ2) is 8.02. The van der Waals surface area contributed by atoms with Crippen LogP contribution in [0.2, 0.25) is 0 Å². The molecule has 2 aromatic rings. The van der Waals surface area contributed by atoms with Crippen LogP contribution in [0.4, 0.5) is 22.2 Å². The van der Waals surface area contributed by atoms with E-state index in [1.807, 2.05) is 20.8 Å². The van der Waals surface area contributed by atoms with Crippen molar-refractivity contribution in [1.29, 1.82) is 0 Å². The minimum atomic E-state index is -0.280. The van der Waals surface area contributed by atoms with Crippen LogP contribution in [0.15, 0.2) is 29.4 Å². The largest absolute Gasteiger partial charge is 0.354 e. The average molecular weight is 317 g/mol. The summed E-state index contributed by atoms with van der Waals surface area (Å²) in [6.07, 6.45) is 0. The van der Waals surface area contributed by atoms with Gasteiger partial charge < -0.3 is 10.6 Å². The van der Waals surface area contributed by atoms with E-state index in [0.29, 0.717) is 36.6 Å². The van der Waals surface area contributed by atoms with Crippen LogP contribution in [-0.4, -0.2) is 33.8 Å². The topological polar surface area (TPSA) is 87.1 Å². The molecule has 8 heteroatoms. The molecule has 3 N–H and O–H groups in total. The van der Waals surface area contributed by atoms with E-state index < -0.39 is 0 Å². The highest BCUT2D eigenvalue weighted by Gasteiger charge is 2.05. The number of rotatable bonds is 7. The van der Waals surface area contributed by atoms with Crippen molar-refractivity contribution in [3.63, 3.8) is 0 Å². The molecule has 0 bridgehead atoms. The van der Waals surface area contributed by atoms with Gasteiger partial charge in [0.25, 0.3) is 0 Å². The first-order valence-corrected chi connectivity index (χ1v) is 7.42. The van der Waals surface area contributed by atoms with E-state index in [4.69, 9.17) is 0 Å². The highest BCUT2D eigenvalue weighted by atomic mass is 19.1. The lowest BCUT2D eigenvalue weighted by Gasteiger charge is -2.08. The van der Waals surface area contributed by atoms with E-state index in [9.17, 15) is 4.39 Å². The summed E-state index contributed by atoms with van der Waals surface area (Å²) in [4.78, 5) is 12.7. The Morgan fingerprint density at radius 2 is 1.48 bits per heavy atom. The minimum absolute atomic E-state index is 0.280. The molecule has 0 aliphatic carbocycles. The lowest BCUT2D eigenvalue weighted by Crippen LogP contribution is -2.11. The van der Waals surface area contributed by atoms with Gasteiger partial charge in [0.15, 0.2) is 0 Å². The van der Waals surface area contributed by atoms with E-state index in [1.54, 1.807) is 12.1 Å². The van der Waals surface area contributed by atoms with Crippen molar-refractivity contribution in [2.75, 3.05) is 29.1 Å². The second-order valence-corrected chi connectivity index (χ2v) is 4.68. The first kappa shape index (κ1) is 16.6. The van der Waals surface area contributed by atoms with Gasteiger partial charge in [-0.15, -0.1) is 0 Å². The highest BCUT2D eigenvalue weighted by molar-refractivity contribution is 5.98. The number of anilines is 3. The average Bonchev–Trinajstić information content (AvgIpc) is 2.54. The molecular weight excluding hydrogens is 297 g/mol. The molecule has 0 aliphatic rings. The number of hydrogen-bond acceptors (Lipinski definition) is 7. The number of hydrazone groups is 1. The van der Waals surface area contributed by atoms with Crippen LogP contribution in [-0.2, 0) is 0 Å². The lowest BCUT2D eigenvalue weighted by molar-refractivity contribution is 0.628. The molecule has 2 rings (SSSR count). The minimum Gasteiger partial charge on any atom is -0.354 e. The molecule has 1 aromatic carbocycles. The molecule has 0 atom stereocenters. The molecule has 0 unspecified atom stereocenters. The molecule has 0 spiro atoms. The van der Waals surface area contributed by atoms with Crippen LogP contribution in [0.3, 0.4) is 0 Å². The third kappa shape index (κ3) is 4.87. The van der Waals surface area contributed by atoms with Crippen molar-refractivity contribution in [2.24, 2.45) is 5.10 Å². The number of benzene rings is 1. The predicted molar refractivity (Wildman–Crippen MR) is 90.4 cm³/mol. The van der Waals surface area contributed by atoms with E-state index in [2.05, 4.69) is 36.1 Å². The third-order valence-electron chi connectivity index (χ3n) is 2.89. The van der Waals surface area contributed by atoms with Gasteiger partial charge in [0.1, 0.15) is 5.82 Å². The zero-order chi connectivity index (χ0) is 16.7. The van der Waals surface area contributed by atoms with Crippen LogP contribution in [0.5, 0.6) is 0 Å². The Morgan fingerprint density at radius 3 is 2.00 bits per heavy atom. The zero-order valence-corrected chi connectivity index (χ0v) is 13.4. The Hall–Kier alpha value is -2.77. The molecule has 0 fully saturated rings. The third-order valence-corrected chi connectivity index (χ3v) is 2.89. The van der Waals surface area contributed by atoms with Crippen molar-refractivity contribution in [1.82, 2.24) is 15.0 Å². The van der Waals surface area contributed by atoms with Crippen LogP contribution in [0.25, 0.3) is 0 Å². The van der Waals surface area contributed by atoms with Crippen LogP contribution in [0, 0.1) is 5.82 Å². The van der Waals surface area contributed by atoms with Crippen molar-refractivity contribution < 1.29 is 4.39 Å². The van der Waals surface area contributed by atoms with Gasteiger partial charge in [-0.25, -0.2) is 9.82 Å². The fourth-order valence-electron chi connectivity index (χ4n) is 1.79. The highest BCUT2D eigenvalue weighted by Crippen LogP contribution is 2.10. The Kier molecular flexibility index (Phi) is 5.79. The monoisotopic (exact) mass is 317 g/mol. The number of nitrogens with zero attached hydrogens (tertiary/aromatic N) is 4. The van der Waals surface area contributed by atoms with Crippen molar-refractivity contribution in [3.05, 3.63) is 35.6 Å². The van der Waals surface area contributed by atoms with Gasteiger partial charge in [-0.05, 0) is 38.5 Å². The van der Waals surface area contributed by atoms with Crippen molar-refractivity contribution >= 4 is 23.6 Å². The van der Waals surface area contributed by atoms with Gasteiger partial charge in [0, 0.05) is 13.1 Å². The van der Waals surface area contributed by atoms with E-state index in [-0.39, 0.29) is 5.82 Å². The summed E-state index contributed by atoms with van der Waals surface area (Å²) in [7, 11) is 0. The smallest absolute Gasteiger partial charge is 0.250 e. The van der Waals surface area contributed by atoms with Gasteiger partial charge in [-0.3, -0.25) is 0 Å². The maximum absolute atomic E-state index is 12.9. The molecule has 1 aromatic heterocycles. The number of halogens is 1. The summed E-state index contributed by atoms with van der Waals surface area (Å²) in [6.45, 7) is 7.14. The lowest BCUT2D eigenvalue weighted by atomic mass is 10.1. The standard InChI is InChI=1S/C15H20FN7/c1-4-17-13-19-14(18-5-2)21-15(20-13)23-22-10(3)11-6-8-12(16)9-7-11/h6-9H,4-5H2,1-3H3,(H3,17,18,19,20,21,23)/b22-10+. The molecule has 0 saturated heterocycles. The van der Waals surface area contributed by atoms with Crippen molar-refractivity contribution in [2.45, 2.75) is 20.8 Å². The van der Waals surface area contributed by atoms with E-state index in [1.165, 1.54) is 12.1 Å². The second-order valence-electron chi connectivity index (χ2n) is 4.68. The van der Waals surface area contributed by atoms with Gasteiger partial charge in [-0.2, -0.15) is 20.1 Å². The van der Waals surface area contributed by atoms with Crippen molar-refractivity contribution in [3.8, 4) is 0 Å². The normalized spacial score (nSPS) is 11.2. The maximum Gasteiger partial charge on any atom is 0.250 e. The van der Waals surface area contributed by atoms with Gasteiger partial charge >= 0.3 is 0 Å². The molecule has 0 saturated carbocycles. The Bertz CT molecular complexity index is 646. The number of hydrogen-bond donors (Lipinski definition) is 3. The summed E-state index contributed by atoms with van der Waals surface area (Å²) in [6, 6.07) is 6.11. The molecule has 1 heterocycles. The summed E-state index contributed by atoms with van der Waals surface area (Å²) in [5.41, 5.74) is 4.31. The first-order chi connectivity index (χ1) is 11.1. The molecule has 23 heavy (non-hydrogen) atoms. The van der Waals surface area contributed by atoms with Gasteiger partial charge in [0.05, 0.1) is 5.71 Å². The SMILES string of the molecule is CCNc1nc(NCC)nc(N/N=C(\C)c2ccc(F)cc2)n1. The first-order valence-electron chi connectivity index (χ1n) is 7.42. The van der Waals surface area contributed by atoms with E-state index >= 15 is 0 Å².